The third-order valence-electron chi connectivity index (χ3n) is 4.53. The van der Waals surface area contributed by atoms with Gasteiger partial charge in [0, 0.05) is 12.5 Å². The van der Waals surface area contributed by atoms with Crippen molar-refractivity contribution in [3.8, 4) is 0 Å². The van der Waals surface area contributed by atoms with Gasteiger partial charge < -0.3 is 5.32 Å². The summed E-state index contributed by atoms with van der Waals surface area (Å²) < 4.78 is 0. The Morgan fingerprint density at radius 3 is 1.55 bits per heavy atom. The predicted octanol–water partition coefficient (Wildman–Crippen LogP) is 6.24. The highest BCUT2D eigenvalue weighted by Gasteiger charge is 2.16. The molecule has 0 fully saturated rings. The number of amides is 1. The third kappa shape index (κ3) is 13.2. The molecule has 1 atom stereocenters. The Kier molecular flexibility index (Phi) is 16.4. The van der Waals surface area contributed by atoms with Crippen molar-refractivity contribution in [2.75, 3.05) is 6.54 Å². The molecule has 0 rings (SSSR count). The van der Waals surface area contributed by atoms with Gasteiger partial charge in [0.15, 0.2) is 0 Å². The summed E-state index contributed by atoms with van der Waals surface area (Å²) in [6, 6.07) is 0. The van der Waals surface area contributed by atoms with Crippen LogP contribution in [0.15, 0.2) is 0 Å². The number of nitrogens with one attached hydrogen (secondary N) is 1. The second-order valence-corrected chi connectivity index (χ2v) is 6.70. The topological polar surface area (TPSA) is 29.1 Å². The summed E-state index contributed by atoms with van der Waals surface area (Å²) in [5.41, 5.74) is 0. The average Bonchev–Trinajstić information content (AvgIpc) is 2.52. The van der Waals surface area contributed by atoms with E-state index >= 15 is 0 Å². The summed E-state index contributed by atoms with van der Waals surface area (Å²) >= 11 is 0. The zero-order chi connectivity index (χ0) is 16.5. The van der Waals surface area contributed by atoms with E-state index in [1.807, 2.05) is 6.92 Å². The summed E-state index contributed by atoms with van der Waals surface area (Å²) in [6.45, 7) is 7.29. The molecule has 0 saturated carbocycles. The molecule has 1 unspecified atom stereocenters. The standard InChI is InChI=1S/C20H41NO/c1-4-7-9-11-12-13-14-16-18-19(20(22)21-6-3)17-15-10-8-5-2/h19H,4-18H2,1-3H3,(H,21,22). The number of carbonyl (C=O) groups excluding carboxylic acids is 1. The summed E-state index contributed by atoms with van der Waals surface area (Å²) in [6.07, 6.45) is 18.0. The van der Waals surface area contributed by atoms with Crippen molar-refractivity contribution >= 4 is 5.91 Å². The highest BCUT2D eigenvalue weighted by molar-refractivity contribution is 5.78. The fourth-order valence-electron chi connectivity index (χ4n) is 3.07. The molecule has 0 aromatic rings. The maximum atomic E-state index is 12.1. The first-order valence-corrected chi connectivity index (χ1v) is 10.0. The molecule has 0 aliphatic carbocycles. The molecule has 22 heavy (non-hydrogen) atoms. The molecule has 0 aromatic carbocycles. The minimum Gasteiger partial charge on any atom is -0.356 e. The smallest absolute Gasteiger partial charge is 0.223 e. The fraction of sp³-hybridized carbons (Fsp3) is 0.950. The van der Waals surface area contributed by atoms with Crippen molar-refractivity contribution in [3.05, 3.63) is 0 Å². The van der Waals surface area contributed by atoms with Gasteiger partial charge in [0.1, 0.15) is 0 Å². The number of hydrogen-bond donors (Lipinski definition) is 1. The van der Waals surface area contributed by atoms with Gasteiger partial charge in [0.2, 0.25) is 5.91 Å². The number of carbonyl (C=O) groups is 1. The van der Waals surface area contributed by atoms with Crippen molar-refractivity contribution in [3.63, 3.8) is 0 Å². The largest absolute Gasteiger partial charge is 0.356 e. The van der Waals surface area contributed by atoms with Crippen LogP contribution in [0.25, 0.3) is 0 Å². The first-order chi connectivity index (χ1) is 10.8. The Balaban J connectivity index is 3.75. The van der Waals surface area contributed by atoms with E-state index in [9.17, 15) is 4.79 Å². The molecule has 0 saturated heterocycles. The lowest BCUT2D eigenvalue weighted by Crippen LogP contribution is -2.30. The molecule has 132 valence electrons. The van der Waals surface area contributed by atoms with Crippen molar-refractivity contribution in [1.29, 1.82) is 0 Å². The van der Waals surface area contributed by atoms with E-state index in [2.05, 4.69) is 19.2 Å². The molecule has 1 amide bonds. The predicted molar refractivity (Wildman–Crippen MR) is 98.2 cm³/mol. The summed E-state index contributed by atoms with van der Waals surface area (Å²) in [7, 11) is 0. The molecular formula is C20H41NO. The molecule has 0 aliphatic heterocycles. The monoisotopic (exact) mass is 311 g/mol. The maximum absolute atomic E-state index is 12.1. The van der Waals surface area contributed by atoms with Crippen LogP contribution in [0.3, 0.4) is 0 Å². The van der Waals surface area contributed by atoms with Crippen LogP contribution in [0.5, 0.6) is 0 Å². The van der Waals surface area contributed by atoms with E-state index in [0.717, 1.165) is 19.4 Å². The van der Waals surface area contributed by atoms with Crippen LogP contribution >= 0.6 is 0 Å². The summed E-state index contributed by atoms with van der Waals surface area (Å²) in [5, 5.41) is 3.02. The van der Waals surface area contributed by atoms with Crippen molar-refractivity contribution in [2.24, 2.45) is 5.92 Å². The van der Waals surface area contributed by atoms with Crippen LogP contribution < -0.4 is 5.32 Å². The van der Waals surface area contributed by atoms with Crippen LogP contribution in [0, 0.1) is 5.92 Å². The molecule has 0 bridgehead atoms. The van der Waals surface area contributed by atoms with E-state index in [0.29, 0.717) is 5.91 Å². The molecule has 2 nitrogen and oxygen atoms in total. The van der Waals surface area contributed by atoms with Crippen molar-refractivity contribution < 1.29 is 4.79 Å². The summed E-state index contributed by atoms with van der Waals surface area (Å²) in [4.78, 5) is 12.1. The molecule has 2 heteroatoms. The molecule has 0 radical (unpaired) electrons. The highest BCUT2D eigenvalue weighted by Crippen LogP contribution is 2.19. The van der Waals surface area contributed by atoms with E-state index in [-0.39, 0.29) is 5.92 Å². The average molecular weight is 312 g/mol. The Morgan fingerprint density at radius 2 is 1.09 bits per heavy atom. The highest BCUT2D eigenvalue weighted by atomic mass is 16.1. The first-order valence-electron chi connectivity index (χ1n) is 10.0. The second-order valence-electron chi connectivity index (χ2n) is 6.70. The van der Waals surface area contributed by atoms with Gasteiger partial charge in [-0.25, -0.2) is 0 Å². The van der Waals surface area contributed by atoms with Crippen LogP contribution in [0.1, 0.15) is 111 Å². The fourth-order valence-corrected chi connectivity index (χ4v) is 3.07. The van der Waals surface area contributed by atoms with Gasteiger partial charge in [-0.1, -0.05) is 90.9 Å². The molecule has 0 aromatic heterocycles. The van der Waals surface area contributed by atoms with Crippen LogP contribution in [0.2, 0.25) is 0 Å². The number of rotatable bonds is 16. The van der Waals surface area contributed by atoms with Crippen LogP contribution in [-0.2, 0) is 4.79 Å². The first kappa shape index (κ1) is 21.5. The van der Waals surface area contributed by atoms with Gasteiger partial charge in [-0.2, -0.15) is 0 Å². The van der Waals surface area contributed by atoms with E-state index in [4.69, 9.17) is 0 Å². The number of unbranched alkanes of at least 4 members (excludes halogenated alkanes) is 10. The zero-order valence-corrected chi connectivity index (χ0v) is 15.6. The Hall–Kier alpha value is -0.530. The van der Waals surface area contributed by atoms with Gasteiger partial charge in [-0.05, 0) is 19.8 Å². The van der Waals surface area contributed by atoms with Crippen LogP contribution in [0.4, 0.5) is 0 Å². The Morgan fingerprint density at radius 1 is 0.682 bits per heavy atom. The Bertz CT molecular complexity index is 240. The van der Waals surface area contributed by atoms with Gasteiger partial charge in [-0.3, -0.25) is 4.79 Å². The van der Waals surface area contributed by atoms with Crippen molar-refractivity contribution in [2.45, 2.75) is 111 Å². The van der Waals surface area contributed by atoms with Gasteiger partial charge in [0.25, 0.3) is 0 Å². The molecule has 0 heterocycles. The lowest BCUT2D eigenvalue weighted by atomic mass is 9.93. The number of hydrogen-bond acceptors (Lipinski definition) is 1. The lowest BCUT2D eigenvalue weighted by Gasteiger charge is -2.16. The van der Waals surface area contributed by atoms with E-state index in [1.54, 1.807) is 0 Å². The summed E-state index contributed by atoms with van der Waals surface area (Å²) in [5.74, 6) is 0.554. The molecule has 0 spiro atoms. The normalized spacial score (nSPS) is 12.3. The third-order valence-corrected chi connectivity index (χ3v) is 4.53. The zero-order valence-electron chi connectivity index (χ0n) is 15.6. The van der Waals surface area contributed by atoms with Gasteiger partial charge >= 0.3 is 0 Å². The van der Waals surface area contributed by atoms with E-state index < -0.39 is 0 Å². The van der Waals surface area contributed by atoms with Crippen LogP contribution in [-0.4, -0.2) is 12.5 Å². The maximum Gasteiger partial charge on any atom is 0.223 e. The molecule has 0 aliphatic rings. The molecule has 1 N–H and O–H groups in total. The minimum absolute atomic E-state index is 0.261. The van der Waals surface area contributed by atoms with Crippen molar-refractivity contribution in [1.82, 2.24) is 5.32 Å². The minimum atomic E-state index is 0.261. The second kappa shape index (κ2) is 16.8. The van der Waals surface area contributed by atoms with Gasteiger partial charge in [-0.15, -0.1) is 0 Å². The van der Waals surface area contributed by atoms with Gasteiger partial charge in [0.05, 0.1) is 0 Å². The quantitative estimate of drug-likeness (QED) is 0.336. The lowest BCUT2D eigenvalue weighted by molar-refractivity contribution is -0.125. The molecular weight excluding hydrogens is 270 g/mol. The van der Waals surface area contributed by atoms with E-state index in [1.165, 1.54) is 77.0 Å². The SMILES string of the molecule is CCCCCCCCCCC(CCCCCC)C(=O)NCC. The Labute approximate surface area is 139 Å².